The predicted molar refractivity (Wildman–Crippen MR) is 109 cm³/mol. The molecule has 0 bridgehead atoms. The van der Waals surface area contributed by atoms with Gasteiger partial charge >= 0.3 is 6.18 Å². The molecule has 0 aliphatic heterocycles. The van der Waals surface area contributed by atoms with Crippen LogP contribution in [0.15, 0.2) is 58.3 Å². The Kier molecular flexibility index (Phi) is 7.83. The Morgan fingerprint density at radius 3 is 2.67 bits per heavy atom. The zero-order valence-corrected chi connectivity index (χ0v) is 16.3. The van der Waals surface area contributed by atoms with Gasteiger partial charge in [-0.3, -0.25) is 9.98 Å². The number of hydrogen-bond donors (Lipinski definition) is 1. The number of hydrogen-bond acceptors (Lipinski definition) is 6. The highest BCUT2D eigenvalue weighted by Crippen LogP contribution is 2.31. The summed E-state index contributed by atoms with van der Waals surface area (Å²) >= 11 is 0. The Balaban J connectivity index is 2.48. The summed E-state index contributed by atoms with van der Waals surface area (Å²) in [5.74, 6) is -0.141. The lowest BCUT2D eigenvalue weighted by molar-refractivity contribution is -0.118. The van der Waals surface area contributed by atoms with E-state index in [1.54, 1.807) is 37.4 Å². The van der Waals surface area contributed by atoms with E-state index in [0.29, 0.717) is 29.8 Å². The van der Waals surface area contributed by atoms with Crippen molar-refractivity contribution in [2.75, 3.05) is 13.1 Å². The van der Waals surface area contributed by atoms with Gasteiger partial charge in [0, 0.05) is 41.2 Å². The molecule has 2 aromatic rings. The first-order valence-electron chi connectivity index (χ1n) is 8.89. The van der Waals surface area contributed by atoms with Crippen molar-refractivity contribution in [2.45, 2.75) is 19.5 Å². The molecule has 9 heteroatoms. The number of pyridine rings is 1. The van der Waals surface area contributed by atoms with Crippen molar-refractivity contribution < 1.29 is 17.9 Å². The van der Waals surface area contributed by atoms with E-state index >= 15 is 0 Å². The van der Waals surface area contributed by atoms with Crippen LogP contribution in [0.4, 0.5) is 13.2 Å². The SMILES string of the molecule is C=N/C(C)=C\C(=NCC(F)(F)F)Oc1cc(C#N)ccc1-c1ccc(CCN)nc1. The van der Waals surface area contributed by atoms with E-state index in [4.69, 9.17) is 10.5 Å². The second-order valence-electron chi connectivity index (χ2n) is 6.22. The van der Waals surface area contributed by atoms with E-state index < -0.39 is 12.7 Å². The molecule has 2 rings (SSSR count). The van der Waals surface area contributed by atoms with Crippen LogP contribution in [0.1, 0.15) is 18.2 Å². The van der Waals surface area contributed by atoms with E-state index in [-0.39, 0.29) is 17.2 Å². The Morgan fingerprint density at radius 1 is 1.33 bits per heavy atom. The number of ether oxygens (including phenoxy) is 1. The lowest BCUT2D eigenvalue weighted by Crippen LogP contribution is -2.16. The molecule has 0 saturated carbocycles. The molecule has 0 unspecified atom stereocenters. The van der Waals surface area contributed by atoms with E-state index in [1.165, 1.54) is 12.1 Å². The van der Waals surface area contributed by atoms with Gasteiger partial charge in [-0.25, -0.2) is 4.99 Å². The molecule has 0 saturated heterocycles. The Morgan fingerprint density at radius 2 is 2.10 bits per heavy atom. The fourth-order valence-corrected chi connectivity index (χ4v) is 2.41. The molecule has 0 aliphatic carbocycles. The zero-order valence-electron chi connectivity index (χ0n) is 16.3. The lowest BCUT2D eigenvalue weighted by atomic mass is 10.0. The van der Waals surface area contributed by atoms with Crippen LogP contribution < -0.4 is 10.5 Å². The second kappa shape index (κ2) is 10.3. The summed E-state index contributed by atoms with van der Waals surface area (Å²) in [6.07, 6.45) is -1.04. The lowest BCUT2D eigenvalue weighted by Gasteiger charge is -2.13. The van der Waals surface area contributed by atoms with Gasteiger partial charge in [0.25, 0.3) is 0 Å². The zero-order chi connectivity index (χ0) is 22.1. The largest absolute Gasteiger partial charge is 0.439 e. The van der Waals surface area contributed by atoms with Gasteiger partial charge in [0.15, 0.2) is 0 Å². The number of allylic oxidation sites excluding steroid dienone is 1. The van der Waals surface area contributed by atoms with Crippen LogP contribution in [-0.2, 0) is 6.42 Å². The van der Waals surface area contributed by atoms with Crippen molar-refractivity contribution in [3.05, 3.63) is 59.6 Å². The van der Waals surface area contributed by atoms with Gasteiger partial charge in [0.2, 0.25) is 5.90 Å². The molecule has 0 fully saturated rings. The van der Waals surface area contributed by atoms with Crippen LogP contribution in [0.2, 0.25) is 0 Å². The van der Waals surface area contributed by atoms with E-state index in [0.717, 1.165) is 5.69 Å². The molecule has 0 radical (unpaired) electrons. The van der Waals surface area contributed by atoms with E-state index in [9.17, 15) is 18.4 Å². The average molecular weight is 415 g/mol. The number of aromatic nitrogens is 1. The van der Waals surface area contributed by atoms with Crippen molar-refractivity contribution in [1.29, 1.82) is 5.26 Å². The summed E-state index contributed by atoms with van der Waals surface area (Å²) < 4.78 is 43.7. The molecular weight excluding hydrogens is 395 g/mol. The fraction of sp³-hybridized carbons (Fsp3) is 0.238. The first-order valence-corrected chi connectivity index (χ1v) is 8.89. The minimum absolute atomic E-state index is 0.163. The van der Waals surface area contributed by atoms with Crippen LogP contribution in [0.3, 0.4) is 0 Å². The van der Waals surface area contributed by atoms with Gasteiger partial charge in [-0.15, -0.1) is 0 Å². The fourth-order valence-electron chi connectivity index (χ4n) is 2.41. The minimum Gasteiger partial charge on any atom is -0.439 e. The molecule has 0 spiro atoms. The third-order valence-corrected chi connectivity index (χ3v) is 3.86. The number of nitrogens with two attached hydrogens (primary N) is 1. The van der Waals surface area contributed by atoms with Crippen molar-refractivity contribution in [3.8, 4) is 22.9 Å². The Hall–Kier alpha value is -3.51. The number of nitrogens with zero attached hydrogens (tertiary/aromatic N) is 4. The summed E-state index contributed by atoms with van der Waals surface area (Å²) in [6, 6.07) is 10.2. The molecule has 0 amide bonds. The molecule has 1 aromatic carbocycles. The summed E-state index contributed by atoms with van der Waals surface area (Å²) in [6.45, 7) is 3.92. The molecule has 2 N–H and O–H groups in total. The third kappa shape index (κ3) is 6.83. The standard InChI is InChI=1S/C21H20F3N5O/c1-14(27-2)9-20(29-13-21(22,23)24)30-19-10-15(11-26)3-6-18(19)16-4-5-17(7-8-25)28-12-16/h3-6,9-10,12H,2,7-8,13,25H2,1H3/b14-9-,29-20?. The number of alkyl halides is 3. The van der Waals surface area contributed by atoms with Gasteiger partial charge in [0.1, 0.15) is 12.3 Å². The highest BCUT2D eigenvalue weighted by molar-refractivity contribution is 5.91. The van der Waals surface area contributed by atoms with E-state index in [2.05, 4.69) is 21.7 Å². The van der Waals surface area contributed by atoms with Crippen LogP contribution in [0.25, 0.3) is 11.1 Å². The van der Waals surface area contributed by atoms with Gasteiger partial charge in [-0.05, 0) is 44.5 Å². The molecule has 0 aliphatic rings. The first-order chi connectivity index (χ1) is 14.3. The normalized spacial score (nSPS) is 12.4. The Labute approximate surface area is 172 Å². The topological polar surface area (TPSA) is 96.7 Å². The quantitative estimate of drug-likeness (QED) is 0.545. The van der Waals surface area contributed by atoms with Gasteiger partial charge < -0.3 is 10.5 Å². The summed E-state index contributed by atoms with van der Waals surface area (Å²) in [4.78, 5) is 11.5. The first kappa shape index (κ1) is 22.8. The third-order valence-electron chi connectivity index (χ3n) is 3.86. The van der Waals surface area contributed by atoms with Crippen LogP contribution in [0.5, 0.6) is 5.75 Å². The van der Waals surface area contributed by atoms with Crippen LogP contribution in [-0.4, -0.2) is 36.9 Å². The molecule has 156 valence electrons. The summed E-state index contributed by atoms with van der Waals surface area (Å²) in [7, 11) is 0. The highest BCUT2D eigenvalue weighted by atomic mass is 19.4. The highest BCUT2D eigenvalue weighted by Gasteiger charge is 2.27. The molecule has 1 aromatic heterocycles. The average Bonchev–Trinajstić information content (AvgIpc) is 2.72. The number of halogens is 3. The van der Waals surface area contributed by atoms with Gasteiger partial charge in [-0.2, -0.15) is 18.4 Å². The van der Waals surface area contributed by atoms with Gasteiger partial charge in [-0.1, -0.05) is 6.07 Å². The molecule has 30 heavy (non-hydrogen) atoms. The van der Waals surface area contributed by atoms with Crippen LogP contribution >= 0.6 is 0 Å². The van der Waals surface area contributed by atoms with Crippen molar-refractivity contribution >= 4 is 12.6 Å². The maximum atomic E-state index is 12.7. The molecule has 0 atom stereocenters. The van der Waals surface area contributed by atoms with E-state index in [1.807, 2.05) is 6.07 Å². The van der Waals surface area contributed by atoms with Crippen molar-refractivity contribution in [2.24, 2.45) is 15.7 Å². The number of nitriles is 1. The maximum absolute atomic E-state index is 12.7. The molecular formula is C21H20F3N5O. The summed E-state index contributed by atoms with van der Waals surface area (Å²) in [5, 5.41) is 9.20. The maximum Gasteiger partial charge on any atom is 0.408 e. The van der Waals surface area contributed by atoms with Crippen molar-refractivity contribution in [3.63, 3.8) is 0 Å². The number of benzene rings is 1. The monoisotopic (exact) mass is 415 g/mol. The minimum atomic E-state index is -4.50. The smallest absolute Gasteiger partial charge is 0.408 e. The molecule has 1 heterocycles. The van der Waals surface area contributed by atoms with Crippen LogP contribution in [0, 0.1) is 11.3 Å². The molecule has 6 nitrogen and oxygen atoms in total. The number of rotatable bonds is 7. The Bertz CT molecular complexity index is 989. The van der Waals surface area contributed by atoms with Crippen molar-refractivity contribution in [1.82, 2.24) is 4.98 Å². The van der Waals surface area contributed by atoms with Gasteiger partial charge in [0.05, 0.1) is 11.6 Å². The predicted octanol–water partition coefficient (Wildman–Crippen LogP) is 4.07. The second-order valence-corrected chi connectivity index (χ2v) is 6.22. The summed E-state index contributed by atoms with van der Waals surface area (Å²) in [5.41, 5.74) is 8.13. The number of aliphatic imine (C=N–C) groups is 2.